The molecule has 0 spiro atoms. The van der Waals surface area contributed by atoms with Gasteiger partial charge in [0.1, 0.15) is 11.5 Å². The predicted octanol–water partition coefficient (Wildman–Crippen LogP) is 3.24. The summed E-state index contributed by atoms with van der Waals surface area (Å²) in [6, 6.07) is 7.76. The Hall–Kier alpha value is -0.950. The third kappa shape index (κ3) is 5.28. The Labute approximate surface area is 160 Å². The molecule has 0 saturated carbocycles. The minimum Gasteiger partial charge on any atom is -0.381 e. The molecule has 2 heterocycles. The highest BCUT2D eigenvalue weighted by molar-refractivity contribution is 7.89. The summed E-state index contributed by atoms with van der Waals surface area (Å²) < 4.78 is 31.9. The monoisotopic (exact) mass is 399 g/mol. The van der Waals surface area contributed by atoms with Gasteiger partial charge in [0.15, 0.2) is 0 Å². The van der Waals surface area contributed by atoms with Crippen LogP contribution >= 0.6 is 11.6 Å². The fraction of sp³-hybridized carbons (Fsp3) is 0.632. The molecule has 0 unspecified atom stereocenters. The first-order chi connectivity index (χ1) is 12.4. The standard InChI is InChI=1S/C19H26ClNO4S/c20-18-3-1-16(2-4-18)17-5-9-21(10-6-17)26(23,24)14-19(22)13-15-7-11-25-12-8-15/h1-4,15,17H,5-14H2. The number of sulfonamides is 1. The number of carbonyl (C=O) groups excluding carboxylic acids is 1. The number of rotatable bonds is 6. The Kier molecular flexibility index (Phi) is 6.72. The van der Waals surface area contributed by atoms with Gasteiger partial charge in [-0.25, -0.2) is 12.7 Å². The summed E-state index contributed by atoms with van der Waals surface area (Å²) in [5.74, 6) is 0.0751. The van der Waals surface area contributed by atoms with Crippen molar-refractivity contribution < 1.29 is 17.9 Å². The Morgan fingerprint density at radius 2 is 1.69 bits per heavy atom. The fourth-order valence-corrected chi connectivity index (χ4v) is 5.43. The first kappa shape index (κ1) is 19.8. The Morgan fingerprint density at radius 3 is 2.31 bits per heavy atom. The van der Waals surface area contributed by atoms with Gasteiger partial charge >= 0.3 is 0 Å². The minimum atomic E-state index is -3.51. The van der Waals surface area contributed by atoms with E-state index in [-0.39, 0.29) is 17.5 Å². The van der Waals surface area contributed by atoms with Gasteiger partial charge in [0.2, 0.25) is 10.0 Å². The fourth-order valence-electron chi connectivity index (χ4n) is 3.83. The molecule has 0 aliphatic carbocycles. The zero-order chi connectivity index (χ0) is 18.6. The lowest BCUT2D eigenvalue weighted by Gasteiger charge is -2.31. The number of benzene rings is 1. The highest BCUT2D eigenvalue weighted by Gasteiger charge is 2.31. The molecule has 1 aromatic rings. The van der Waals surface area contributed by atoms with Crippen molar-refractivity contribution >= 4 is 27.4 Å². The molecule has 1 aromatic carbocycles. The summed E-state index contributed by atoms with van der Waals surface area (Å²) >= 11 is 5.93. The van der Waals surface area contributed by atoms with Crippen molar-refractivity contribution in [1.29, 1.82) is 0 Å². The van der Waals surface area contributed by atoms with E-state index in [4.69, 9.17) is 16.3 Å². The number of piperidine rings is 1. The van der Waals surface area contributed by atoms with E-state index < -0.39 is 10.0 Å². The van der Waals surface area contributed by atoms with Crippen molar-refractivity contribution in [3.8, 4) is 0 Å². The molecule has 0 radical (unpaired) electrons. The molecule has 2 fully saturated rings. The molecule has 0 amide bonds. The van der Waals surface area contributed by atoms with Crippen LogP contribution in [0.1, 0.15) is 43.6 Å². The number of nitrogens with zero attached hydrogens (tertiary/aromatic N) is 1. The van der Waals surface area contributed by atoms with Crippen molar-refractivity contribution in [3.05, 3.63) is 34.9 Å². The number of carbonyl (C=O) groups is 1. The molecular weight excluding hydrogens is 374 g/mol. The largest absolute Gasteiger partial charge is 0.381 e. The van der Waals surface area contributed by atoms with E-state index in [0.717, 1.165) is 25.7 Å². The molecule has 2 aliphatic rings. The van der Waals surface area contributed by atoms with Gasteiger partial charge in [0, 0.05) is 37.7 Å². The van der Waals surface area contributed by atoms with E-state index >= 15 is 0 Å². The molecule has 2 saturated heterocycles. The predicted molar refractivity (Wildman–Crippen MR) is 102 cm³/mol. The van der Waals surface area contributed by atoms with Gasteiger partial charge in [-0.2, -0.15) is 0 Å². The topological polar surface area (TPSA) is 63.7 Å². The Morgan fingerprint density at radius 1 is 1.08 bits per heavy atom. The molecule has 3 rings (SSSR count). The van der Waals surface area contributed by atoms with E-state index in [2.05, 4.69) is 0 Å². The second-order valence-electron chi connectivity index (χ2n) is 7.28. The molecule has 0 bridgehead atoms. The summed E-state index contributed by atoms with van der Waals surface area (Å²) in [6.07, 6.45) is 3.59. The number of hydrogen-bond acceptors (Lipinski definition) is 4. The maximum atomic E-state index is 12.6. The normalized spacial score (nSPS) is 21.0. The van der Waals surface area contributed by atoms with Crippen LogP contribution in [0.5, 0.6) is 0 Å². The molecule has 2 aliphatic heterocycles. The van der Waals surface area contributed by atoms with Gasteiger partial charge < -0.3 is 4.74 Å². The number of Topliss-reactive ketones (excluding diaryl/α,β-unsaturated/α-hetero) is 1. The average Bonchev–Trinajstić information content (AvgIpc) is 2.63. The van der Waals surface area contributed by atoms with Crippen LogP contribution in [0, 0.1) is 5.92 Å². The molecule has 0 N–H and O–H groups in total. The summed E-state index contributed by atoms with van der Waals surface area (Å²) in [5, 5.41) is 0.705. The van der Waals surface area contributed by atoms with Crippen molar-refractivity contribution in [2.45, 2.75) is 38.0 Å². The SMILES string of the molecule is O=C(CC1CCOCC1)CS(=O)(=O)N1CCC(c2ccc(Cl)cc2)CC1. The van der Waals surface area contributed by atoms with E-state index in [1.807, 2.05) is 24.3 Å². The van der Waals surface area contributed by atoms with Gasteiger partial charge in [-0.3, -0.25) is 4.79 Å². The number of ketones is 1. The van der Waals surface area contributed by atoms with Crippen molar-refractivity contribution in [1.82, 2.24) is 4.31 Å². The molecule has 144 valence electrons. The third-order valence-electron chi connectivity index (χ3n) is 5.39. The number of ether oxygens (including phenoxy) is 1. The summed E-state index contributed by atoms with van der Waals surface area (Å²) in [7, 11) is -3.51. The molecule has 26 heavy (non-hydrogen) atoms. The maximum absolute atomic E-state index is 12.6. The molecular formula is C19H26ClNO4S. The summed E-state index contributed by atoms with van der Waals surface area (Å²) in [4.78, 5) is 12.2. The van der Waals surface area contributed by atoms with Gasteiger partial charge in [-0.15, -0.1) is 0 Å². The Balaban J connectivity index is 1.50. The molecule has 0 aromatic heterocycles. The number of halogens is 1. The molecule has 5 nitrogen and oxygen atoms in total. The van der Waals surface area contributed by atoms with E-state index in [0.29, 0.717) is 43.7 Å². The highest BCUT2D eigenvalue weighted by atomic mass is 35.5. The van der Waals surface area contributed by atoms with E-state index in [1.165, 1.54) is 9.87 Å². The number of hydrogen-bond donors (Lipinski definition) is 0. The van der Waals surface area contributed by atoms with Crippen LogP contribution in [0.15, 0.2) is 24.3 Å². The van der Waals surface area contributed by atoms with E-state index in [9.17, 15) is 13.2 Å². The maximum Gasteiger partial charge on any atom is 0.221 e. The zero-order valence-corrected chi connectivity index (χ0v) is 16.5. The lowest BCUT2D eigenvalue weighted by atomic mass is 9.90. The lowest BCUT2D eigenvalue weighted by Crippen LogP contribution is -2.41. The Bertz CT molecular complexity index is 706. The minimum absolute atomic E-state index is 0.170. The second kappa shape index (κ2) is 8.83. The van der Waals surface area contributed by atoms with Crippen LogP contribution < -0.4 is 0 Å². The van der Waals surface area contributed by atoms with E-state index in [1.54, 1.807) is 0 Å². The first-order valence-corrected chi connectivity index (χ1v) is 11.3. The highest BCUT2D eigenvalue weighted by Crippen LogP contribution is 2.30. The first-order valence-electron chi connectivity index (χ1n) is 9.27. The van der Waals surface area contributed by atoms with Crippen LogP contribution in [0.3, 0.4) is 0 Å². The van der Waals surface area contributed by atoms with Gasteiger partial charge in [-0.05, 0) is 55.2 Å². The van der Waals surface area contributed by atoms with Gasteiger partial charge in [-0.1, -0.05) is 23.7 Å². The lowest BCUT2D eigenvalue weighted by molar-refractivity contribution is -0.118. The van der Waals surface area contributed by atoms with Gasteiger partial charge in [0.25, 0.3) is 0 Å². The van der Waals surface area contributed by atoms with Crippen LogP contribution in [0.25, 0.3) is 0 Å². The molecule has 0 atom stereocenters. The zero-order valence-electron chi connectivity index (χ0n) is 14.9. The molecule has 7 heteroatoms. The quantitative estimate of drug-likeness (QED) is 0.736. The summed E-state index contributed by atoms with van der Waals surface area (Å²) in [5.41, 5.74) is 1.20. The second-order valence-corrected chi connectivity index (χ2v) is 9.68. The van der Waals surface area contributed by atoms with Crippen molar-refractivity contribution in [2.75, 3.05) is 32.1 Å². The van der Waals surface area contributed by atoms with Crippen molar-refractivity contribution in [3.63, 3.8) is 0 Å². The van der Waals surface area contributed by atoms with Crippen molar-refractivity contribution in [2.24, 2.45) is 5.92 Å². The summed E-state index contributed by atoms with van der Waals surface area (Å²) in [6.45, 7) is 2.28. The van der Waals surface area contributed by atoms with Crippen LogP contribution in [-0.2, 0) is 19.6 Å². The smallest absolute Gasteiger partial charge is 0.221 e. The van der Waals surface area contributed by atoms with Crippen LogP contribution in [0.2, 0.25) is 5.02 Å². The van der Waals surface area contributed by atoms with Crippen LogP contribution in [0.4, 0.5) is 0 Å². The average molecular weight is 400 g/mol. The van der Waals surface area contributed by atoms with Gasteiger partial charge in [0.05, 0.1) is 0 Å². The van der Waals surface area contributed by atoms with Crippen LogP contribution in [-0.4, -0.2) is 50.6 Å². The third-order valence-corrected chi connectivity index (χ3v) is 7.48.